The Bertz CT molecular complexity index is 858. The van der Waals surface area contributed by atoms with Crippen molar-refractivity contribution in [3.63, 3.8) is 0 Å². The lowest BCUT2D eigenvalue weighted by atomic mass is 10.2. The molecule has 1 amide bonds. The Kier molecular flexibility index (Phi) is 7.04. The van der Waals surface area contributed by atoms with Crippen molar-refractivity contribution < 1.29 is 9.18 Å². The summed E-state index contributed by atoms with van der Waals surface area (Å²) in [5, 5.41) is 11.3. The molecule has 0 aliphatic heterocycles. The molecule has 3 rings (SSSR count). The first kappa shape index (κ1) is 18.9. The zero-order valence-corrected chi connectivity index (χ0v) is 16.2. The first-order valence-electron chi connectivity index (χ1n) is 7.82. The molecule has 0 saturated heterocycles. The van der Waals surface area contributed by atoms with E-state index in [1.54, 1.807) is 30.0 Å². The van der Waals surface area contributed by atoms with Crippen molar-refractivity contribution in [3.05, 3.63) is 71.5 Å². The summed E-state index contributed by atoms with van der Waals surface area (Å²) in [4.78, 5) is 12.0. The van der Waals surface area contributed by atoms with Gasteiger partial charge in [-0.15, -0.1) is 22.0 Å². The topological polar surface area (TPSA) is 54.9 Å². The quantitative estimate of drug-likeness (QED) is 0.429. The lowest BCUT2D eigenvalue weighted by molar-refractivity contribution is -0.113. The van der Waals surface area contributed by atoms with Gasteiger partial charge in [0.2, 0.25) is 11.0 Å². The van der Waals surface area contributed by atoms with Crippen molar-refractivity contribution in [2.45, 2.75) is 15.8 Å². The van der Waals surface area contributed by atoms with E-state index in [0.717, 1.165) is 10.1 Å². The van der Waals surface area contributed by atoms with Crippen LogP contribution in [0.4, 0.5) is 9.52 Å². The standard InChI is InChI=1S/C18H16FN3OS3/c19-15-9-5-4-8-14(15)11-24-12-16(23)20-17-21-22-18(26-17)25-10-13-6-2-1-3-7-13/h1-9H,10-12H2,(H,20,21,23). The van der Waals surface area contributed by atoms with Crippen LogP contribution in [0.1, 0.15) is 11.1 Å². The molecule has 0 bridgehead atoms. The van der Waals surface area contributed by atoms with Crippen molar-refractivity contribution in [2.24, 2.45) is 0 Å². The summed E-state index contributed by atoms with van der Waals surface area (Å²) in [5.41, 5.74) is 1.81. The number of halogens is 1. The van der Waals surface area contributed by atoms with Gasteiger partial charge in [-0.1, -0.05) is 71.6 Å². The molecule has 0 aliphatic rings. The monoisotopic (exact) mass is 405 g/mol. The number of hydrogen-bond donors (Lipinski definition) is 1. The van der Waals surface area contributed by atoms with E-state index in [1.165, 1.54) is 34.7 Å². The van der Waals surface area contributed by atoms with E-state index >= 15 is 0 Å². The predicted molar refractivity (Wildman–Crippen MR) is 107 cm³/mol. The molecule has 0 aliphatic carbocycles. The highest BCUT2D eigenvalue weighted by Gasteiger charge is 2.10. The number of benzene rings is 2. The van der Waals surface area contributed by atoms with E-state index in [-0.39, 0.29) is 17.5 Å². The highest BCUT2D eigenvalue weighted by molar-refractivity contribution is 8.00. The number of anilines is 1. The largest absolute Gasteiger partial charge is 0.300 e. The van der Waals surface area contributed by atoms with Gasteiger partial charge in [0.15, 0.2) is 4.34 Å². The minimum Gasteiger partial charge on any atom is -0.300 e. The fraction of sp³-hybridized carbons (Fsp3) is 0.167. The molecular weight excluding hydrogens is 389 g/mol. The van der Waals surface area contributed by atoms with Gasteiger partial charge in [0.25, 0.3) is 0 Å². The van der Waals surface area contributed by atoms with Crippen molar-refractivity contribution in [1.29, 1.82) is 0 Å². The normalized spacial score (nSPS) is 10.7. The number of hydrogen-bond acceptors (Lipinski definition) is 6. The van der Waals surface area contributed by atoms with Crippen molar-refractivity contribution >= 4 is 45.9 Å². The Hall–Kier alpha value is -1.90. The van der Waals surface area contributed by atoms with Crippen LogP contribution < -0.4 is 5.32 Å². The summed E-state index contributed by atoms with van der Waals surface area (Å²) in [6, 6.07) is 16.7. The molecular formula is C18H16FN3OS3. The van der Waals surface area contributed by atoms with Gasteiger partial charge < -0.3 is 0 Å². The Morgan fingerprint density at radius 3 is 2.62 bits per heavy atom. The Morgan fingerprint density at radius 2 is 1.81 bits per heavy atom. The van der Waals surface area contributed by atoms with Gasteiger partial charge in [-0.2, -0.15) is 0 Å². The molecule has 3 aromatic rings. The van der Waals surface area contributed by atoms with Crippen LogP contribution in [0.5, 0.6) is 0 Å². The second-order valence-corrected chi connectivity index (χ2v) is 8.47. The van der Waals surface area contributed by atoms with Gasteiger partial charge in [-0.05, 0) is 17.2 Å². The van der Waals surface area contributed by atoms with Crippen molar-refractivity contribution in [1.82, 2.24) is 10.2 Å². The Balaban J connectivity index is 1.42. The number of rotatable bonds is 8. The summed E-state index contributed by atoms with van der Waals surface area (Å²) in [5.74, 6) is 1.09. The van der Waals surface area contributed by atoms with Gasteiger partial charge in [0, 0.05) is 11.5 Å². The number of nitrogens with zero attached hydrogens (tertiary/aromatic N) is 2. The molecule has 0 fully saturated rings. The van der Waals surface area contributed by atoms with E-state index in [1.807, 2.05) is 18.2 Å². The number of carbonyl (C=O) groups is 1. The van der Waals surface area contributed by atoms with Crippen LogP contribution in [0.25, 0.3) is 0 Å². The average Bonchev–Trinajstić information content (AvgIpc) is 3.10. The fourth-order valence-electron chi connectivity index (χ4n) is 2.06. The maximum Gasteiger partial charge on any atom is 0.236 e. The molecule has 0 spiro atoms. The highest BCUT2D eigenvalue weighted by Crippen LogP contribution is 2.28. The smallest absolute Gasteiger partial charge is 0.236 e. The summed E-state index contributed by atoms with van der Waals surface area (Å²) in [6.07, 6.45) is 0. The molecule has 0 radical (unpaired) electrons. The molecule has 4 nitrogen and oxygen atoms in total. The van der Waals surface area contributed by atoms with Gasteiger partial charge in [0.1, 0.15) is 5.82 Å². The first-order valence-corrected chi connectivity index (χ1v) is 10.8. The van der Waals surface area contributed by atoms with Crippen LogP contribution >= 0.6 is 34.9 Å². The fourth-order valence-corrected chi connectivity index (χ4v) is 4.60. The van der Waals surface area contributed by atoms with Crippen LogP contribution in [0, 0.1) is 5.82 Å². The van der Waals surface area contributed by atoms with E-state index in [0.29, 0.717) is 16.4 Å². The number of aromatic nitrogens is 2. The molecule has 1 heterocycles. The molecule has 134 valence electrons. The minimum absolute atomic E-state index is 0.165. The maximum atomic E-state index is 13.5. The minimum atomic E-state index is -0.246. The van der Waals surface area contributed by atoms with E-state index in [4.69, 9.17) is 0 Å². The lowest BCUT2D eigenvalue weighted by Crippen LogP contribution is -2.14. The summed E-state index contributed by atoms with van der Waals surface area (Å²) >= 11 is 4.30. The predicted octanol–water partition coefficient (Wildman–Crippen LogP) is 4.84. The summed E-state index contributed by atoms with van der Waals surface area (Å²) in [6.45, 7) is 0. The van der Waals surface area contributed by atoms with E-state index < -0.39 is 0 Å². The summed E-state index contributed by atoms with van der Waals surface area (Å²) in [7, 11) is 0. The number of carbonyl (C=O) groups excluding carboxylic acids is 1. The second kappa shape index (κ2) is 9.70. The van der Waals surface area contributed by atoms with Crippen molar-refractivity contribution in [2.75, 3.05) is 11.1 Å². The molecule has 0 saturated carbocycles. The van der Waals surface area contributed by atoms with Gasteiger partial charge >= 0.3 is 0 Å². The van der Waals surface area contributed by atoms with Crippen LogP contribution in [0.3, 0.4) is 0 Å². The van der Waals surface area contributed by atoms with Gasteiger partial charge in [-0.3, -0.25) is 10.1 Å². The third kappa shape index (κ3) is 5.82. The van der Waals surface area contributed by atoms with Gasteiger partial charge in [-0.25, -0.2) is 4.39 Å². The molecule has 0 atom stereocenters. The third-order valence-corrected chi connectivity index (χ3v) is 6.33. The van der Waals surface area contributed by atoms with Crippen molar-refractivity contribution in [3.8, 4) is 0 Å². The molecule has 0 unspecified atom stereocenters. The van der Waals surface area contributed by atoms with Gasteiger partial charge in [0.05, 0.1) is 5.75 Å². The SMILES string of the molecule is O=C(CSCc1ccccc1F)Nc1nnc(SCc2ccccc2)s1. The third-order valence-electron chi connectivity index (χ3n) is 3.31. The zero-order valence-electron chi connectivity index (χ0n) is 13.7. The van der Waals surface area contributed by atoms with E-state index in [2.05, 4.69) is 27.6 Å². The average molecular weight is 406 g/mol. The highest BCUT2D eigenvalue weighted by atomic mass is 32.2. The van der Waals surface area contributed by atoms with Crippen LogP contribution in [-0.4, -0.2) is 21.9 Å². The van der Waals surface area contributed by atoms with Crippen LogP contribution in [0.2, 0.25) is 0 Å². The second-order valence-electron chi connectivity index (χ2n) is 5.28. The first-order chi connectivity index (χ1) is 12.7. The zero-order chi connectivity index (χ0) is 18.2. The lowest BCUT2D eigenvalue weighted by Gasteiger charge is -2.03. The number of nitrogens with one attached hydrogen (secondary N) is 1. The molecule has 8 heteroatoms. The maximum absolute atomic E-state index is 13.5. The van der Waals surface area contributed by atoms with Crippen LogP contribution in [0.15, 0.2) is 58.9 Å². The Labute approximate surface area is 163 Å². The number of amides is 1. The Morgan fingerprint density at radius 1 is 1.04 bits per heavy atom. The molecule has 1 N–H and O–H groups in total. The van der Waals surface area contributed by atoms with E-state index in [9.17, 15) is 9.18 Å². The molecule has 2 aromatic carbocycles. The number of thioether (sulfide) groups is 2. The van der Waals surface area contributed by atoms with Crippen LogP contribution in [-0.2, 0) is 16.3 Å². The molecule has 1 aromatic heterocycles. The molecule has 26 heavy (non-hydrogen) atoms. The summed E-state index contributed by atoms with van der Waals surface area (Å²) < 4.78 is 14.3.